The molecule has 0 spiro atoms. The number of piperidine rings is 1. The average Bonchev–Trinajstić information content (AvgIpc) is 3.09. The molecule has 1 saturated carbocycles. The van der Waals surface area contributed by atoms with E-state index in [-0.39, 0.29) is 17.4 Å². The topological polar surface area (TPSA) is 102 Å². The van der Waals surface area contributed by atoms with Crippen LogP contribution < -0.4 is 5.32 Å². The number of nitrogens with zero attached hydrogens (tertiary/aromatic N) is 3. The molecule has 1 aromatic rings. The summed E-state index contributed by atoms with van der Waals surface area (Å²) in [6, 6.07) is 3.95. The number of likely N-dealkylation sites (tertiary alicyclic amines) is 1. The van der Waals surface area contributed by atoms with Crippen LogP contribution in [0.15, 0.2) is 18.2 Å². The van der Waals surface area contributed by atoms with Gasteiger partial charge in [-0.2, -0.15) is 0 Å². The van der Waals surface area contributed by atoms with E-state index >= 15 is 0 Å². The second kappa shape index (κ2) is 7.77. The zero-order chi connectivity index (χ0) is 17.8. The lowest BCUT2D eigenvalue weighted by Gasteiger charge is -2.34. The van der Waals surface area contributed by atoms with E-state index < -0.39 is 9.85 Å². The quantitative estimate of drug-likeness (QED) is 0.623. The molecule has 2 aliphatic rings. The van der Waals surface area contributed by atoms with E-state index in [9.17, 15) is 20.2 Å². The van der Waals surface area contributed by atoms with Crippen LogP contribution in [-0.4, -0.2) is 40.4 Å². The minimum absolute atomic E-state index is 0.167. The first-order valence-electron chi connectivity index (χ1n) is 8.94. The molecule has 0 atom stereocenters. The Morgan fingerprint density at radius 1 is 1.04 bits per heavy atom. The van der Waals surface area contributed by atoms with E-state index in [1.165, 1.54) is 44.4 Å². The van der Waals surface area contributed by atoms with Crippen LogP contribution in [0.2, 0.25) is 0 Å². The Morgan fingerprint density at radius 2 is 1.72 bits per heavy atom. The standard InChI is InChI=1S/C17H24N4O4/c22-20(23)15-5-6-16(17(11-15)21(24)25)18-14-7-9-19(10-8-14)12-13-3-1-2-4-13/h5-6,11,13-14,18H,1-4,7-10,12H2. The van der Waals surface area contributed by atoms with E-state index in [0.717, 1.165) is 37.9 Å². The van der Waals surface area contributed by atoms with Crippen LogP contribution in [0.1, 0.15) is 38.5 Å². The summed E-state index contributed by atoms with van der Waals surface area (Å²) in [6.07, 6.45) is 7.25. The van der Waals surface area contributed by atoms with Gasteiger partial charge in [0.05, 0.1) is 15.9 Å². The molecule has 0 radical (unpaired) electrons. The Kier molecular flexibility index (Phi) is 5.47. The molecule has 25 heavy (non-hydrogen) atoms. The summed E-state index contributed by atoms with van der Waals surface area (Å²) in [6.45, 7) is 3.16. The van der Waals surface area contributed by atoms with Gasteiger partial charge in [0.15, 0.2) is 0 Å². The van der Waals surface area contributed by atoms with E-state index in [4.69, 9.17) is 0 Å². The molecule has 1 aliphatic carbocycles. The maximum absolute atomic E-state index is 11.2. The van der Waals surface area contributed by atoms with Crippen LogP contribution in [-0.2, 0) is 0 Å². The number of benzene rings is 1. The highest BCUT2D eigenvalue weighted by Crippen LogP contribution is 2.31. The van der Waals surface area contributed by atoms with Gasteiger partial charge in [0.2, 0.25) is 0 Å². The third-order valence-corrected chi connectivity index (χ3v) is 5.33. The summed E-state index contributed by atoms with van der Waals surface area (Å²) >= 11 is 0. The van der Waals surface area contributed by atoms with Crippen molar-refractivity contribution in [2.24, 2.45) is 5.92 Å². The predicted octanol–water partition coefficient (Wildman–Crippen LogP) is 3.57. The van der Waals surface area contributed by atoms with Crippen LogP contribution in [0.5, 0.6) is 0 Å². The number of nitro groups is 2. The zero-order valence-corrected chi connectivity index (χ0v) is 14.2. The molecule has 3 rings (SSSR count). The molecule has 1 aliphatic heterocycles. The highest BCUT2D eigenvalue weighted by molar-refractivity contribution is 5.65. The molecule has 1 saturated heterocycles. The molecule has 1 heterocycles. The van der Waals surface area contributed by atoms with Gasteiger partial charge in [-0.1, -0.05) is 12.8 Å². The number of hydrogen-bond donors (Lipinski definition) is 1. The second-order valence-electron chi connectivity index (χ2n) is 7.09. The lowest BCUT2D eigenvalue weighted by molar-refractivity contribution is -0.393. The van der Waals surface area contributed by atoms with Gasteiger partial charge in [-0.15, -0.1) is 0 Å². The van der Waals surface area contributed by atoms with Gasteiger partial charge in [0, 0.05) is 31.7 Å². The van der Waals surface area contributed by atoms with Crippen molar-refractivity contribution in [1.82, 2.24) is 4.90 Å². The monoisotopic (exact) mass is 348 g/mol. The van der Waals surface area contributed by atoms with Crippen LogP contribution >= 0.6 is 0 Å². The molecule has 0 unspecified atom stereocenters. The predicted molar refractivity (Wildman–Crippen MR) is 94.8 cm³/mol. The lowest BCUT2D eigenvalue weighted by atomic mass is 10.0. The molecule has 1 aromatic carbocycles. The summed E-state index contributed by atoms with van der Waals surface area (Å²) in [5.74, 6) is 0.834. The number of nitro benzene ring substituents is 2. The van der Waals surface area contributed by atoms with Crippen molar-refractivity contribution in [2.75, 3.05) is 25.0 Å². The Balaban J connectivity index is 1.58. The fraction of sp³-hybridized carbons (Fsp3) is 0.647. The molecular weight excluding hydrogens is 324 g/mol. The normalized spacial score (nSPS) is 19.8. The summed E-state index contributed by atoms with van der Waals surface area (Å²) in [5.41, 5.74) is -0.129. The maximum Gasteiger partial charge on any atom is 0.299 e. The van der Waals surface area contributed by atoms with Crippen LogP contribution in [0.3, 0.4) is 0 Å². The van der Waals surface area contributed by atoms with Gasteiger partial charge < -0.3 is 10.2 Å². The van der Waals surface area contributed by atoms with Gasteiger partial charge in [-0.25, -0.2) is 0 Å². The summed E-state index contributed by atoms with van der Waals surface area (Å²) in [4.78, 5) is 23.4. The Bertz CT molecular complexity index is 638. The smallest absolute Gasteiger partial charge is 0.299 e. The first-order valence-corrected chi connectivity index (χ1v) is 8.94. The highest BCUT2D eigenvalue weighted by Gasteiger charge is 2.26. The molecule has 0 aromatic heterocycles. The second-order valence-corrected chi connectivity index (χ2v) is 7.09. The van der Waals surface area contributed by atoms with Gasteiger partial charge >= 0.3 is 0 Å². The zero-order valence-electron chi connectivity index (χ0n) is 14.2. The molecule has 1 N–H and O–H groups in total. The Hall–Kier alpha value is -2.22. The van der Waals surface area contributed by atoms with E-state index in [0.29, 0.717) is 5.69 Å². The van der Waals surface area contributed by atoms with Crippen LogP contribution in [0.4, 0.5) is 17.1 Å². The summed E-state index contributed by atoms with van der Waals surface area (Å²) in [7, 11) is 0. The van der Waals surface area contributed by atoms with Crippen molar-refractivity contribution < 1.29 is 9.85 Å². The number of rotatable bonds is 6. The molecule has 136 valence electrons. The van der Waals surface area contributed by atoms with Gasteiger partial charge in [0.1, 0.15) is 5.69 Å². The van der Waals surface area contributed by atoms with E-state index in [1.54, 1.807) is 0 Å². The minimum atomic E-state index is -0.613. The van der Waals surface area contributed by atoms with Crippen molar-refractivity contribution in [3.05, 3.63) is 38.4 Å². The van der Waals surface area contributed by atoms with Gasteiger partial charge in [0.25, 0.3) is 11.4 Å². The largest absolute Gasteiger partial charge is 0.377 e. The molecular formula is C17H24N4O4. The first kappa shape index (κ1) is 17.6. The van der Waals surface area contributed by atoms with Crippen molar-refractivity contribution in [1.29, 1.82) is 0 Å². The fourth-order valence-electron chi connectivity index (χ4n) is 3.94. The molecule has 8 nitrogen and oxygen atoms in total. The maximum atomic E-state index is 11.2. The summed E-state index contributed by atoms with van der Waals surface area (Å²) in [5, 5.41) is 25.3. The third kappa shape index (κ3) is 4.45. The summed E-state index contributed by atoms with van der Waals surface area (Å²) < 4.78 is 0. The minimum Gasteiger partial charge on any atom is -0.377 e. The highest BCUT2D eigenvalue weighted by atomic mass is 16.6. The number of nitrogens with one attached hydrogen (secondary N) is 1. The van der Waals surface area contributed by atoms with Crippen molar-refractivity contribution in [3.63, 3.8) is 0 Å². The van der Waals surface area contributed by atoms with E-state index in [2.05, 4.69) is 10.2 Å². The van der Waals surface area contributed by atoms with Gasteiger partial charge in [-0.05, 0) is 37.7 Å². The molecule has 8 heteroatoms. The van der Waals surface area contributed by atoms with Gasteiger partial charge in [-0.3, -0.25) is 20.2 Å². The third-order valence-electron chi connectivity index (χ3n) is 5.33. The van der Waals surface area contributed by atoms with Crippen molar-refractivity contribution in [2.45, 2.75) is 44.6 Å². The molecule has 0 amide bonds. The Labute approximate surface area is 146 Å². The SMILES string of the molecule is O=[N+]([O-])c1ccc(NC2CCN(CC3CCCC3)CC2)c([N+](=O)[O-])c1. The van der Waals surface area contributed by atoms with Crippen LogP contribution in [0.25, 0.3) is 0 Å². The number of anilines is 1. The molecule has 2 fully saturated rings. The van der Waals surface area contributed by atoms with Crippen molar-refractivity contribution >= 4 is 17.1 Å². The fourth-order valence-corrected chi connectivity index (χ4v) is 3.94. The number of hydrogen-bond acceptors (Lipinski definition) is 6. The lowest BCUT2D eigenvalue weighted by Crippen LogP contribution is -2.41. The average molecular weight is 348 g/mol. The Morgan fingerprint density at radius 3 is 2.32 bits per heavy atom. The number of non-ortho nitro benzene ring substituents is 1. The first-order chi connectivity index (χ1) is 12.0. The van der Waals surface area contributed by atoms with Crippen LogP contribution in [0, 0.1) is 26.1 Å². The van der Waals surface area contributed by atoms with E-state index in [1.807, 2.05) is 0 Å². The molecule has 0 bridgehead atoms. The van der Waals surface area contributed by atoms with Crippen molar-refractivity contribution in [3.8, 4) is 0 Å².